The summed E-state index contributed by atoms with van der Waals surface area (Å²) in [5, 5.41) is 3.40. The van der Waals surface area contributed by atoms with Crippen molar-refractivity contribution in [1.29, 1.82) is 0 Å². The van der Waals surface area contributed by atoms with Crippen LogP contribution in [-0.4, -0.2) is 50.9 Å². The number of hydrogen-bond donors (Lipinski definition) is 1. The molecule has 0 fully saturated rings. The third kappa shape index (κ3) is 8.24. The van der Waals surface area contributed by atoms with Crippen LogP contribution in [0.4, 0.5) is 5.69 Å². The van der Waals surface area contributed by atoms with E-state index in [1.54, 1.807) is 36.4 Å². The van der Waals surface area contributed by atoms with Crippen LogP contribution in [0.3, 0.4) is 0 Å². The zero-order valence-corrected chi connectivity index (χ0v) is 25.7. The average molecular weight is 600 g/mol. The van der Waals surface area contributed by atoms with Crippen molar-refractivity contribution in [3.05, 3.63) is 88.9 Å². The number of ether oxygens (including phenoxy) is 1. The first kappa shape index (κ1) is 32.0. The van der Waals surface area contributed by atoms with Crippen molar-refractivity contribution < 1.29 is 22.7 Å². The predicted octanol–water partition coefficient (Wildman–Crippen LogP) is 5.57. The van der Waals surface area contributed by atoms with Crippen LogP contribution in [-0.2, 0) is 26.2 Å². The highest BCUT2D eigenvalue weighted by atomic mass is 35.5. The van der Waals surface area contributed by atoms with Gasteiger partial charge in [0.2, 0.25) is 11.8 Å². The molecule has 2 amide bonds. The number of anilines is 1. The van der Waals surface area contributed by atoms with E-state index in [0.29, 0.717) is 17.2 Å². The molecule has 2 atom stereocenters. The molecule has 2 unspecified atom stereocenters. The van der Waals surface area contributed by atoms with Crippen molar-refractivity contribution >= 4 is 39.1 Å². The summed E-state index contributed by atoms with van der Waals surface area (Å²) in [4.78, 5) is 28.9. The van der Waals surface area contributed by atoms with Gasteiger partial charge in [-0.2, -0.15) is 0 Å². The number of aryl methyl sites for hydroxylation is 1. The lowest BCUT2D eigenvalue weighted by Crippen LogP contribution is -2.53. The van der Waals surface area contributed by atoms with Crippen LogP contribution in [0.15, 0.2) is 77.7 Å². The van der Waals surface area contributed by atoms with Gasteiger partial charge in [-0.05, 0) is 80.8 Å². The largest absolute Gasteiger partial charge is 0.497 e. The van der Waals surface area contributed by atoms with Crippen LogP contribution < -0.4 is 14.4 Å². The standard InChI is InChI=1S/C31H38ClN3O5S/c1-6-23(4)33-31(37)29(7-2)34(20-24-10-8-22(3)9-11-24)30(36)21-35(26-14-12-25(32)13-15-26)41(38,39)28-18-16-27(40-5)17-19-28/h8-19,23,29H,6-7,20-21H2,1-5H3,(H,33,37). The maximum Gasteiger partial charge on any atom is 0.264 e. The summed E-state index contributed by atoms with van der Waals surface area (Å²) < 4.78 is 34.1. The smallest absolute Gasteiger partial charge is 0.264 e. The Kier molecular flexibility index (Phi) is 11.2. The number of hydrogen-bond acceptors (Lipinski definition) is 5. The molecule has 0 spiro atoms. The number of nitrogens with one attached hydrogen (secondary N) is 1. The molecule has 8 nitrogen and oxygen atoms in total. The number of benzene rings is 3. The van der Waals surface area contributed by atoms with Gasteiger partial charge < -0.3 is 15.0 Å². The number of halogens is 1. The van der Waals surface area contributed by atoms with Crippen LogP contribution in [0.2, 0.25) is 5.02 Å². The number of carbonyl (C=O) groups is 2. The summed E-state index contributed by atoms with van der Waals surface area (Å²) in [6, 6.07) is 19.0. The van der Waals surface area contributed by atoms with Crippen LogP contribution in [0.5, 0.6) is 5.75 Å². The normalized spacial score (nSPS) is 12.7. The Morgan fingerprint density at radius 1 is 0.927 bits per heavy atom. The molecule has 0 aliphatic rings. The molecule has 0 bridgehead atoms. The molecule has 41 heavy (non-hydrogen) atoms. The molecule has 0 saturated carbocycles. The molecule has 3 aromatic carbocycles. The van der Waals surface area contributed by atoms with Gasteiger partial charge in [0.15, 0.2) is 0 Å². The van der Waals surface area contributed by atoms with E-state index in [4.69, 9.17) is 16.3 Å². The Balaban J connectivity index is 2.05. The number of methoxy groups -OCH3 is 1. The second kappa shape index (κ2) is 14.4. The summed E-state index contributed by atoms with van der Waals surface area (Å²) in [6.45, 7) is 7.30. The summed E-state index contributed by atoms with van der Waals surface area (Å²) in [7, 11) is -2.70. The van der Waals surface area contributed by atoms with Gasteiger partial charge in [-0.1, -0.05) is 55.3 Å². The Hall–Kier alpha value is -3.56. The molecule has 3 aromatic rings. The van der Waals surface area contributed by atoms with Crippen LogP contribution in [0.1, 0.15) is 44.7 Å². The fourth-order valence-corrected chi connectivity index (χ4v) is 5.80. The van der Waals surface area contributed by atoms with Gasteiger partial charge in [0.1, 0.15) is 18.3 Å². The summed E-state index contributed by atoms with van der Waals surface area (Å²) in [5.74, 6) is -0.289. The predicted molar refractivity (Wildman–Crippen MR) is 163 cm³/mol. The lowest BCUT2D eigenvalue weighted by molar-refractivity contribution is -0.140. The lowest BCUT2D eigenvalue weighted by Gasteiger charge is -2.33. The van der Waals surface area contributed by atoms with Gasteiger partial charge in [-0.15, -0.1) is 0 Å². The van der Waals surface area contributed by atoms with Gasteiger partial charge >= 0.3 is 0 Å². The summed E-state index contributed by atoms with van der Waals surface area (Å²) in [5.41, 5.74) is 2.16. The van der Waals surface area contributed by atoms with Gasteiger partial charge in [0.25, 0.3) is 10.0 Å². The first-order chi connectivity index (χ1) is 19.5. The highest BCUT2D eigenvalue weighted by Gasteiger charge is 2.34. The molecular weight excluding hydrogens is 562 g/mol. The van der Waals surface area contributed by atoms with E-state index in [0.717, 1.165) is 21.9 Å². The SMILES string of the molecule is CCC(C)NC(=O)C(CC)N(Cc1ccc(C)cc1)C(=O)CN(c1ccc(Cl)cc1)S(=O)(=O)c1ccc(OC)cc1. The third-order valence-corrected chi connectivity index (χ3v) is 8.94. The molecular formula is C31H38ClN3O5S. The van der Waals surface area contributed by atoms with Crippen LogP contribution in [0.25, 0.3) is 0 Å². The van der Waals surface area contributed by atoms with Crippen molar-refractivity contribution in [3.8, 4) is 5.75 Å². The Morgan fingerprint density at radius 3 is 2.07 bits per heavy atom. The molecule has 10 heteroatoms. The number of amides is 2. The quantitative estimate of drug-likeness (QED) is 0.277. The topological polar surface area (TPSA) is 96.0 Å². The average Bonchev–Trinajstić information content (AvgIpc) is 2.97. The first-order valence-corrected chi connectivity index (χ1v) is 15.4. The van der Waals surface area contributed by atoms with Crippen molar-refractivity contribution in [2.45, 2.75) is 64.1 Å². The van der Waals surface area contributed by atoms with E-state index in [1.165, 1.54) is 24.1 Å². The van der Waals surface area contributed by atoms with Crippen LogP contribution >= 0.6 is 11.6 Å². The van der Waals surface area contributed by atoms with Crippen molar-refractivity contribution in [2.24, 2.45) is 0 Å². The monoisotopic (exact) mass is 599 g/mol. The zero-order valence-electron chi connectivity index (χ0n) is 24.1. The highest BCUT2D eigenvalue weighted by molar-refractivity contribution is 7.92. The second-order valence-electron chi connectivity index (χ2n) is 9.91. The molecule has 0 aliphatic carbocycles. The second-order valence-corrected chi connectivity index (χ2v) is 12.2. The Labute approximate surface area is 248 Å². The first-order valence-electron chi connectivity index (χ1n) is 13.6. The molecule has 0 saturated heterocycles. The minimum Gasteiger partial charge on any atom is -0.497 e. The third-order valence-electron chi connectivity index (χ3n) is 6.90. The molecule has 0 aliphatic heterocycles. The molecule has 3 rings (SSSR count). The number of sulfonamides is 1. The molecule has 220 valence electrons. The summed E-state index contributed by atoms with van der Waals surface area (Å²) >= 11 is 6.09. The fraction of sp³-hybridized carbons (Fsp3) is 0.355. The van der Waals surface area contributed by atoms with Gasteiger partial charge in [-0.3, -0.25) is 13.9 Å². The lowest BCUT2D eigenvalue weighted by atomic mass is 10.1. The van der Waals surface area contributed by atoms with Gasteiger partial charge in [0, 0.05) is 17.6 Å². The van der Waals surface area contributed by atoms with Crippen LogP contribution in [0, 0.1) is 6.92 Å². The zero-order chi connectivity index (χ0) is 30.2. The molecule has 1 N–H and O–H groups in total. The van der Waals surface area contributed by atoms with E-state index < -0.39 is 28.5 Å². The number of nitrogens with zero attached hydrogens (tertiary/aromatic N) is 2. The van der Waals surface area contributed by atoms with Crippen molar-refractivity contribution in [1.82, 2.24) is 10.2 Å². The van der Waals surface area contributed by atoms with E-state index in [-0.39, 0.29) is 29.1 Å². The highest BCUT2D eigenvalue weighted by Crippen LogP contribution is 2.27. The maximum absolute atomic E-state index is 14.1. The van der Waals surface area contributed by atoms with E-state index in [9.17, 15) is 18.0 Å². The minimum atomic E-state index is -4.19. The summed E-state index contributed by atoms with van der Waals surface area (Å²) in [6.07, 6.45) is 1.09. The Bertz CT molecular complexity index is 1410. The van der Waals surface area contributed by atoms with Gasteiger partial charge in [-0.25, -0.2) is 8.42 Å². The van der Waals surface area contributed by atoms with Crippen molar-refractivity contribution in [2.75, 3.05) is 18.0 Å². The fourth-order valence-electron chi connectivity index (χ4n) is 4.26. The number of rotatable bonds is 13. The minimum absolute atomic E-state index is 0.00677. The van der Waals surface area contributed by atoms with E-state index in [2.05, 4.69) is 5.32 Å². The van der Waals surface area contributed by atoms with E-state index in [1.807, 2.05) is 52.0 Å². The van der Waals surface area contributed by atoms with Crippen molar-refractivity contribution in [3.63, 3.8) is 0 Å². The molecule has 0 aromatic heterocycles. The van der Waals surface area contributed by atoms with Gasteiger partial charge in [0.05, 0.1) is 17.7 Å². The number of carbonyl (C=O) groups excluding carboxylic acids is 2. The molecule has 0 radical (unpaired) electrons. The molecule has 0 heterocycles. The Morgan fingerprint density at radius 2 is 1.54 bits per heavy atom. The van der Waals surface area contributed by atoms with E-state index >= 15 is 0 Å². The maximum atomic E-state index is 14.1.